The highest BCUT2D eigenvalue weighted by molar-refractivity contribution is 5.00. The Morgan fingerprint density at radius 1 is 1.12 bits per heavy atom. The van der Waals surface area contributed by atoms with Crippen LogP contribution in [0.1, 0.15) is 19.8 Å². The van der Waals surface area contributed by atoms with Crippen molar-refractivity contribution in [1.82, 2.24) is 0 Å². The molecule has 0 saturated carbocycles. The van der Waals surface area contributed by atoms with Crippen molar-refractivity contribution >= 4 is 0 Å². The molecule has 0 aromatic rings. The Bertz CT molecular complexity index is 227. The number of hydrogen-bond donors (Lipinski definition) is 1. The first-order valence-electron chi connectivity index (χ1n) is 4.38. The number of hydrogen-bond acceptors (Lipinski definition) is 1. The first-order chi connectivity index (χ1) is 7.02. The van der Waals surface area contributed by atoms with E-state index >= 15 is 0 Å². The molecule has 0 rings (SSSR count). The average molecular weight is 256 g/mol. The largest absolute Gasteiger partial charge is 0.423 e. The van der Waals surface area contributed by atoms with Gasteiger partial charge in [0.1, 0.15) is 6.17 Å². The third kappa shape index (κ3) is 2.78. The van der Waals surface area contributed by atoms with Crippen LogP contribution in [0, 0.1) is 0 Å². The molecule has 0 aromatic heterocycles. The standard InChI is InChI=1S/C8H11F7O/c1-2-5(10)3-6(16,8(13,14)15)7(11,12)4-9/h5,16H,2-4H2,1H3. The quantitative estimate of drug-likeness (QED) is 0.749. The van der Waals surface area contributed by atoms with Crippen molar-refractivity contribution in [3.05, 3.63) is 0 Å². The number of halogens is 7. The van der Waals surface area contributed by atoms with Crippen LogP contribution in [0.15, 0.2) is 0 Å². The van der Waals surface area contributed by atoms with E-state index in [2.05, 4.69) is 0 Å². The lowest BCUT2D eigenvalue weighted by Gasteiger charge is -2.36. The van der Waals surface area contributed by atoms with E-state index in [9.17, 15) is 30.7 Å². The molecule has 0 saturated heterocycles. The molecule has 2 atom stereocenters. The highest BCUT2D eigenvalue weighted by atomic mass is 19.4. The second-order valence-corrected chi connectivity index (χ2v) is 3.41. The van der Waals surface area contributed by atoms with Crippen molar-refractivity contribution in [2.24, 2.45) is 0 Å². The van der Waals surface area contributed by atoms with Gasteiger partial charge in [-0.2, -0.15) is 13.2 Å². The lowest BCUT2D eigenvalue weighted by molar-refractivity contribution is -0.339. The van der Waals surface area contributed by atoms with Crippen molar-refractivity contribution in [3.8, 4) is 0 Å². The van der Waals surface area contributed by atoms with Gasteiger partial charge in [-0.05, 0) is 6.42 Å². The van der Waals surface area contributed by atoms with Gasteiger partial charge in [-0.3, -0.25) is 0 Å². The van der Waals surface area contributed by atoms with E-state index in [1.807, 2.05) is 0 Å². The lowest BCUT2D eigenvalue weighted by atomic mass is 9.88. The molecule has 0 radical (unpaired) electrons. The molecule has 0 aromatic carbocycles. The Kier molecular flexibility index (Phi) is 4.61. The second kappa shape index (κ2) is 4.77. The lowest BCUT2D eigenvalue weighted by Crippen LogP contribution is -2.61. The van der Waals surface area contributed by atoms with E-state index in [-0.39, 0.29) is 0 Å². The summed E-state index contributed by atoms with van der Waals surface area (Å²) >= 11 is 0. The molecule has 0 aliphatic carbocycles. The van der Waals surface area contributed by atoms with Crippen LogP contribution in [0.2, 0.25) is 0 Å². The summed E-state index contributed by atoms with van der Waals surface area (Å²) in [6.45, 7) is -1.59. The van der Waals surface area contributed by atoms with Crippen molar-refractivity contribution < 1.29 is 35.8 Å². The van der Waals surface area contributed by atoms with E-state index in [1.54, 1.807) is 0 Å². The fourth-order valence-corrected chi connectivity index (χ4v) is 1.05. The highest BCUT2D eigenvalue weighted by Crippen LogP contribution is 2.45. The van der Waals surface area contributed by atoms with Gasteiger partial charge in [0.05, 0.1) is 0 Å². The second-order valence-electron chi connectivity index (χ2n) is 3.41. The maximum absolute atomic E-state index is 12.7. The van der Waals surface area contributed by atoms with E-state index in [0.29, 0.717) is 0 Å². The molecular formula is C8H11F7O. The predicted octanol–water partition coefficient (Wildman–Crippen LogP) is 3.02. The molecule has 0 aliphatic rings. The Morgan fingerprint density at radius 2 is 1.56 bits per heavy atom. The molecule has 16 heavy (non-hydrogen) atoms. The summed E-state index contributed by atoms with van der Waals surface area (Å²) in [5.41, 5.74) is -4.68. The van der Waals surface area contributed by atoms with E-state index in [1.165, 1.54) is 0 Å². The average Bonchev–Trinajstić information content (AvgIpc) is 2.15. The zero-order valence-electron chi connectivity index (χ0n) is 8.29. The van der Waals surface area contributed by atoms with Crippen LogP contribution in [0.25, 0.3) is 0 Å². The molecule has 1 nitrogen and oxygen atoms in total. The maximum Gasteiger partial charge on any atom is 0.423 e. The molecule has 1 N–H and O–H groups in total. The molecule has 0 spiro atoms. The first kappa shape index (κ1) is 15.5. The van der Waals surface area contributed by atoms with Gasteiger partial charge in [0.15, 0.2) is 6.67 Å². The van der Waals surface area contributed by atoms with Gasteiger partial charge in [0.25, 0.3) is 0 Å². The number of alkyl halides is 7. The summed E-state index contributed by atoms with van der Waals surface area (Å²) in [5.74, 6) is -5.06. The summed E-state index contributed by atoms with van der Waals surface area (Å²) < 4.78 is 86.6. The summed E-state index contributed by atoms with van der Waals surface area (Å²) in [4.78, 5) is 0. The van der Waals surface area contributed by atoms with Gasteiger partial charge in [0, 0.05) is 6.42 Å². The molecule has 0 heterocycles. The molecule has 98 valence electrons. The summed E-state index contributed by atoms with van der Waals surface area (Å²) in [5, 5.41) is 8.82. The van der Waals surface area contributed by atoms with E-state index in [0.717, 1.165) is 6.92 Å². The Balaban J connectivity index is 5.21. The van der Waals surface area contributed by atoms with Gasteiger partial charge in [0.2, 0.25) is 5.60 Å². The van der Waals surface area contributed by atoms with Crippen LogP contribution in [0.4, 0.5) is 30.7 Å². The zero-order valence-corrected chi connectivity index (χ0v) is 8.29. The Labute approximate surface area is 87.2 Å². The molecule has 0 fully saturated rings. The molecule has 0 amide bonds. The summed E-state index contributed by atoms with van der Waals surface area (Å²) in [7, 11) is 0. The van der Waals surface area contributed by atoms with Gasteiger partial charge in [-0.25, -0.2) is 17.6 Å². The predicted molar refractivity (Wildman–Crippen MR) is 41.7 cm³/mol. The fourth-order valence-electron chi connectivity index (χ4n) is 1.05. The van der Waals surface area contributed by atoms with Gasteiger partial charge < -0.3 is 5.11 Å². The van der Waals surface area contributed by atoms with Gasteiger partial charge in [-0.1, -0.05) is 6.92 Å². The molecule has 8 heteroatoms. The SMILES string of the molecule is CCC(F)CC(O)(C(F)(F)F)C(F)(F)CF. The van der Waals surface area contributed by atoms with E-state index < -0.39 is 43.4 Å². The minimum absolute atomic E-state index is 0.485. The first-order valence-corrected chi connectivity index (χ1v) is 4.38. The zero-order chi connectivity index (χ0) is 13.2. The van der Waals surface area contributed by atoms with Crippen LogP contribution in [0.3, 0.4) is 0 Å². The fraction of sp³-hybridized carbons (Fsp3) is 1.00. The Hall–Kier alpha value is -0.530. The van der Waals surface area contributed by atoms with Crippen LogP contribution in [-0.2, 0) is 0 Å². The molecule has 2 unspecified atom stereocenters. The van der Waals surface area contributed by atoms with Crippen LogP contribution >= 0.6 is 0 Å². The molecular weight excluding hydrogens is 245 g/mol. The number of rotatable bonds is 5. The third-order valence-electron chi connectivity index (χ3n) is 2.20. The minimum Gasteiger partial charge on any atom is -0.376 e. The minimum atomic E-state index is -5.80. The van der Waals surface area contributed by atoms with Crippen molar-refractivity contribution in [2.75, 3.05) is 6.67 Å². The summed E-state index contributed by atoms with van der Waals surface area (Å²) in [6, 6.07) is 0. The molecule has 0 bridgehead atoms. The smallest absolute Gasteiger partial charge is 0.376 e. The molecule has 0 aliphatic heterocycles. The highest BCUT2D eigenvalue weighted by Gasteiger charge is 2.69. The maximum atomic E-state index is 12.7. The number of aliphatic hydroxyl groups is 1. The monoisotopic (exact) mass is 256 g/mol. The van der Waals surface area contributed by atoms with Gasteiger partial charge in [-0.15, -0.1) is 0 Å². The van der Waals surface area contributed by atoms with Crippen molar-refractivity contribution in [3.63, 3.8) is 0 Å². The topological polar surface area (TPSA) is 20.2 Å². The van der Waals surface area contributed by atoms with Gasteiger partial charge >= 0.3 is 12.1 Å². The van der Waals surface area contributed by atoms with E-state index in [4.69, 9.17) is 5.11 Å². The van der Waals surface area contributed by atoms with Crippen LogP contribution in [-0.4, -0.2) is 35.7 Å². The summed E-state index contributed by atoms with van der Waals surface area (Å²) in [6.07, 6.45) is -10.5. The third-order valence-corrected chi connectivity index (χ3v) is 2.20. The Morgan fingerprint density at radius 3 is 1.81 bits per heavy atom. The van der Waals surface area contributed by atoms with Crippen LogP contribution in [0.5, 0.6) is 0 Å². The normalized spacial score (nSPS) is 19.3. The van der Waals surface area contributed by atoms with Crippen molar-refractivity contribution in [2.45, 2.75) is 43.6 Å². The van der Waals surface area contributed by atoms with Crippen LogP contribution < -0.4 is 0 Å². The van der Waals surface area contributed by atoms with Crippen molar-refractivity contribution in [1.29, 1.82) is 0 Å².